The summed E-state index contributed by atoms with van der Waals surface area (Å²) in [6, 6.07) is 8.64. The Balaban J connectivity index is 1.79. The van der Waals surface area contributed by atoms with Gasteiger partial charge in [-0.1, -0.05) is 17.7 Å². The third kappa shape index (κ3) is 3.63. The van der Waals surface area contributed by atoms with Gasteiger partial charge in [-0.3, -0.25) is 9.82 Å². The Morgan fingerprint density at radius 1 is 1.04 bits per heavy atom. The van der Waals surface area contributed by atoms with Gasteiger partial charge in [0, 0.05) is 10.7 Å². The second-order valence-corrected chi connectivity index (χ2v) is 7.74. The van der Waals surface area contributed by atoms with Crippen molar-refractivity contribution in [1.29, 1.82) is 0 Å². The van der Waals surface area contributed by atoms with E-state index in [1.165, 1.54) is 6.07 Å². The Kier molecular flexibility index (Phi) is 4.84. The second-order valence-electron chi connectivity index (χ2n) is 5.71. The Morgan fingerprint density at radius 3 is 2.35 bits per heavy atom. The molecule has 2 aromatic heterocycles. The standard InChI is InChI=1S/C16H17ClN6O2S/c1-9-12(17)5-4-6-13(9)18-14-7-8-15(22-21-14)23-26(24,25)16-10(2)19-20-11(16)3/h4-8H,1-3H3,(H,18,21)(H,19,20)(H,22,23). The van der Waals surface area contributed by atoms with Gasteiger partial charge in [-0.25, -0.2) is 8.42 Å². The minimum Gasteiger partial charge on any atom is -0.338 e. The van der Waals surface area contributed by atoms with E-state index in [1.54, 1.807) is 26.0 Å². The maximum atomic E-state index is 12.5. The van der Waals surface area contributed by atoms with Gasteiger partial charge in [-0.05, 0) is 50.6 Å². The highest BCUT2D eigenvalue weighted by atomic mass is 35.5. The zero-order valence-corrected chi connectivity index (χ0v) is 15.9. The number of nitrogens with zero attached hydrogens (tertiary/aromatic N) is 3. The molecule has 0 spiro atoms. The summed E-state index contributed by atoms with van der Waals surface area (Å²) >= 11 is 6.09. The summed E-state index contributed by atoms with van der Waals surface area (Å²) < 4.78 is 27.4. The van der Waals surface area contributed by atoms with Crippen LogP contribution < -0.4 is 10.0 Å². The van der Waals surface area contributed by atoms with Crippen molar-refractivity contribution in [3.05, 3.63) is 52.3 Å². The maximum Gasteiger partial charge on any atom is 0.266 e. The average molecular weight is 393 g/mol. The van der Waals surface area contributed by atoms with Crippen LogP contribution in [0, 0.1) is 20.8 Å². The molecular formula is C16H17ClN6O2S. The van der Waals surface area contributed by atoms with E-state index in [-0.39, 0.29) is 10.7 Å². The van der Waals surface area contributed by atoms with Crippen LogP contribution in [0.2, 0.25) is 5.02 Å². The Labute approximate surface area is 156 Å². The largest absolute Gasteiger partial charge is 0.338 e. The van der Waals surface area contributed by atoms with Crippen LogP contribution in [0.15, 0.2) is 35.2 Å². The van der Waals surface area contributed by atoms with Crippen LogP contribution in [0.25, 0.3) is 0 Å². The van der Waals surface area contributed by atoms with Crippen LogP contribution in [0.3, 0.4) is 0 Å². The molecule has 0 fully saturated rings. The SMILES string of the molecule is Cc1n[nH]c(C)c1S(=O)(=O)Nc1ccc(Nc2cccc(Cl)c2C)nn1. The highest BCUT2D eigenvalue weighted by Crippen LogP contribution is 2.26. The molecule has 3 N–H and O–H groups in total. The fourth-order valence-electron chi connectivity index (χ4n) is 2.46. The molecule has 136 valence electrons. The van der Waals surface area contributed by atoms with Gasteiger partial charge in [-0.15, -0.1) is 10.2 Å². The number of halogens is 1. The van der Waals surface area contributed by atoms with Crippen molar-refractivity contribution in [2.24, 2.45) is 0 Å². The van der Waals surface area contributed by atoms with Crippen molar-refractivity contribution < 1.29 is 8.42 Å². The number of hydrogen-bond acceptors (Lipinski definition) is 6. The summed E-state index contributed by atoms with van der Waals surface area (Å²) in [7, 11) is -3.80. The first-order chi connectivity index (χ1) is 12.3. The summed E-state index contributed by atoms with van der Waals surface area (Å²) in [5.74, 6) is 0.576. The fraction of sp³-hybridized carbons (Fsp3) is 0.188. The Hall–Kier alpha value is -2.65. The lowest BCUT2D eigenvalue weighted by molar-refractivity contribution is 0.600. The summed E-state index contributed by atoms with van der Waals surface area (Å²) in [6.45, 7) is 5.14. The molecule has 1 aromatic carbocycles. The van der Waals surface area contributed by atoms with Crippen LogP contribution in [0.4, 0.5) is 17.3 Å². The molecule has 0 saturated heterocycles. The lowest BCUT2D eigenvalue weighted by Crippen LogP contribution is -2.16. The van der Waals surface area contributed by atoms with Crippen molar-refractivity contribution in [2.75, 3.05) is 10.0 Å². The number of anilines is 3. The van der Waals surface area contributed by atoms with Crippen molar-refractivity contribution in [3.8, 4) is 0 Å². The van der Waals surface area contributed by atoms with E-state index in [0.29, 0.717) is 22.2 Å². The molecular weight excluding hydrogens is 376 g/mol. The van der Waals surface area contributed by atoms with E-state index in [2.05, 4.69) is 30.4 Å². The van der Waals surface area contributed by atoms with Crippen LogP contribution in [-0.4, -0.2) is 28.8 Å². The zero-order valence-electron chi connectivity index (χ0n) is 14.3. The first kappa shape index (κ1) is 18.2. The molecule has 2 heterocycles. The molecule has 0 unspecified atom stereocenters. The van der Waals surface area contributed by atoms with E-state index in [0.717, 1.165) is 11.3 Å². The summed E-state index contributed by atoms with van der Waals surface area (Å²) in [6.07, 6.45) is 0. The van der Waals surface area contributed by atoms with Crippen LogP contribution in [0.5, 0.6) is 0 Å². The number of nitrogens with one attached hydrogen (secondary N) is 3. The number of H-pyrrole nitrogens is 1. The van der Waals surface area contributed by atoms with E-state index in [9.17, 15) is 8.42 Å². The average Bonchev–Trinajstić information content (AvgIpc) is 2.93. The fourth-order valence-corrected chi connectivity index (χ4v) is 4.00. The molecule has 0 atom stereocenters. The summed E-state index contributed by atoms with van der Waals surface area (Å²) in [5.41, 5.74) is 2.52. The molecule has 0 saturated carbocycles. The Bertz CT molecular complexity index is 1030. The number of benzene rings is 1. The second kappa shape index (κ2) is 6.93. The number of rotatable bonds is 5. The number of aryl methyl sites for hydroxylation is 2. The van der Waals surface area contributed by atoms with Gasteiger partial charge in [-0.2, -0.15) is 5.10 Å². The molecule has 0 bridgehead atoms. The molecule has 0 aliphatic rings. The predicted octanol–water partition coefficient (Wildman–Crippen LogP) is 3.32. The van der Waals surface area contributed by atoms with E-state index in [1.807, 2.05) is 19.1 Å². The van der Waals surface area contributed by atoms with Gasteiger partial charge in [0.15, 0.2) is 11.6 Å². The maximum absolute atomic E-state index is 12.5. The lowest BCUT2D eigenvalue weighted by Gasteiger charge is -2.10. The van der Waals surface area contributed by atoms with Crippen molar-refractivity contribution in [1.82, 2.24) is 20.4 Å². The molecule has 3 rings (SSSR count). The molecule has 0 aliphatic heterocycles. The van der Waals surface area contributed by atoms with Crippen molar-refractivity contribution in [2.45, 2.75) is 25.7 Å². The third-order valence-electron chi connectivity index (χ3n) is 3.76. The first-order valence-corrected chi connectivity index (χ1v) is 9.54. The topological polar surface area (TPSA) is 113 Å². The zero-order chi connectivity index (χ0) is 18.9. The highest BCUT2D eigenvalue weighted by Gasteiger charge is 2.22. The lowest BCUT2D eigenvalue weighted by atomic mass is 10.2. The quantitative estimate of drug-likeness (QED) is 0.613. The molecule has 0 radical (unpaired) electrons. The molecule has 3 aromatic rings. The van der Waals surface area contributed by atoms with Gasteiger partial charge in [0.2, 0.25) is 0 Å². The number of sulfonamides is 1. The van der Waals surface area contributed by atoms with Gasteiger partial charge < -0.3 is 5.32 Å². The van der Waals surface area contributed by atoms with Gasteiger partial charge >= 0.3 is 0 Å². The monoisotopic (exact) mass is 392 g/mol. The van der Waals surface area contributed by atoms with Crippen LogP contribution in [0.1, 0.15) is 17.0 Å². The van der Waals surface area contributed by atoms with E-state index < -0.39 is 10.0 Å². The Morgan fingerprint density at radius 2 is 1.73 bits per heavy atom. The smallest absolute Gasteiger partial charge is 0.266 e. The van der Waals surface area contributed by atoms with E-state index >= 15 is 0 Å². The van der Waals surface area contributed by atoms with Gasteiger partial charge in [0.1, 0.15) is 4.90 Å². The normalized spacial score (nSPS) is 11.4. The number of aromatic amines is 1. The molecule has 10 heteroatoms. The summed E-state index contributed by atoms with van der Waals surface area (Å²) in [4.78, 5) is 0.107. The van der Waals surface area contributed by atoms with Crippen molar-refractivity contribution >= 4 is 38.9 Å². The minimum atomic E-state index is -3.80. The van der Waals surface area contributed by atoms with Crippen molar-refractivity contribution in [3.63, 3.8) is 0 Å². The molecule has 26 heavy (non-hydrogen) atoms. The van der Waals surface area contributed by atoms with Gasteiger partial charge in [0.25, 0.3) is 10.0 Å². The minimum absolute atomic E-state index is 0.107. The van der Waals surface area contributed by atoms with E-state index in [4.69, 9.17) is 11.6 Å². The third-order valence-corrected chi connectivity index (χ3v) is 5.79. The van der Waals surface area contributed by atoms with Crippen LogP contribution in [-0.2, 0) is 10.0 Å². The molecule has 0 amide bonds. The molecule has 8 nitrogen and oxygen atoms in total. The predicted molar refractivity (Wildman–Crippen MR) is 100 cm³/mol. The molecule has 0 aliphatic carbocycles. The number of hydrogen-bond donors (Lipinski definition) is 3. The van der Waals surface area contributed by atoms with Gasteiger partial charge in [0.05, 0.1) is 11.4 Å². The number of aromatic nitrogens is 4. The van der Waals surface area contributed by atoms with Crippen LogP contribution >= 0.6 is 11.6 Å². The summed E-state index contributed by atoms with van der Waals surface area (Å²) in [5, 5.41) is 18.2. The highest BCUT2D eigenvalue weighted by molar-refractivity contribution is 7.92. The first-order valence-electron chi connectivity index (χ1n) is 7.68.